The van der Waals surface area contributed by atoms with Crippen LogP contribution in [0.3, 0.4) is 0 Å². The number of imidazole rings is 1. The molecule has 0 aliphatic rings. The van der Waals surface area contributed by atoms with E-state index >= 15 is 0 Å². The van der Waals surface area contributed by atoms with Gasteiger partial charge >= 0.3 is 0 Å². The Morgan fingerprint density at radius 3 is 2.43 bits per heavy atom. The molecular weight excluding hydrogens is 376 g/mol. The summed E-state index contributed by atoms with van der Waals surface area (Å²) in [5, 5.41) is 3.22. The lowest BCUT2D eigenvalue weighted by Crippen LogP contribution is -2.33. The van der Waals surface area contributed by atoms with Crippen molar-refractivity contribution in [1.29, 1.82) is 0 Å². The monoisotopic (exact) mass is 398 g/mol. The highest BCUT2D eigenvalue weighted by Crippen LogP contribution is 2.22. The molecule has 2 aromatic heterocycles. The van der Waals surface area contributed by atoms with E-state index in [1.807, 2.05) is 26.0 Å². The quantitative estimate of drug-likeness (QED) is 0.637. The maximum atomic E-state index is 13.1. The number of para-hydroxylation sites is 1. The van der Waals surface area contributed by atoms with Gasteiger partial charge in [-0.3, -0.25) is 14.0 Å². The molecule has 3 aromatic rings. The fraction of sp³-hybridized carbons (Fsp3) is 0.286. The standard InChI is InChI=1S/C21H23ClN4O2/c1-3-12-25(13-4-2)21(28)19-24-18(17-11-7-8-14-26(17)19)20(27)23-16-10-6-5-9-15(16)22/h5-11,14H,3-4,12-13H2,1-2H3,(H,23,27). The fourth-order valence-electron chi connectivity index (χ4n) is 3.10. The summed E-state index contributed by atoms with van der Waals surface area (Å²) in [6, 6.07) is 12.4. The predicted molar refractivity (Wildman–Crippen MR) is 111 cm³/mol. The van der Waals surface area contributed by atoms with E-state index in [1.165, 1.54) is 0 Å². The van der Waals surface area contributed by atoms with Crippen LogP contribution in [0.25, 0.3) is 5.52 Å². The van der Waals surface area contributed by atoms with Crippen molar-refractivity contribution in [2.24, 2.45) is 0 Å². The van der Waals surface area contributed by atoms with E-state index in [4.69, 9.17) is 11.6 Å². The first-order chi connectivity index (χ1) is 13.6. The highest BCUT2D eigenvalue weighted by Gasteiger charge is 2.24. The van der Waals surface area contributed by atoms with Crippen LogP contribution in [0.2, 0.25) is 5.02 Å². The molecule has 1 N–H and O–H groups in total. The first-order valence-electron chi connectivity index (χ1n) is 9.39. The zero-order chi connectivity index (χ0) is 20.1. The summed E-state index contributed by atoms with van der Waals surface area (Å²) in [7, 11) is 0. The summed E-state index contributed by atoms with van der Waals surface area (Å²) in [6.45, 7) is 5.36. The molecule has 2 heterocycles. The van der Waals surface area contributed by atoms with Crippen LogP contribution in [0.1, 0.15) is 47.8 Å². The summed E-state index contributed by atoms with van der Waals surface area (Å²) in [5.41, 5.74) is 1.26. The molecule has 0 saturated heterocycles. The third-order valence-corrected chi connectivity index (χ3v) is 4.68. The molecule has 7 heteroatoms. The second-order valence-corrected chi connectivity index (χ2v) is 6.87. The summed E-state index contributed by atoms with van der Waals surface area (Å²) in [5.74, 6) is -0.350. The van der Waals surface area contributed by atoms with Gasteiger partial charge in [0.1, 0.15) is 0 Å². The van der Waals surface area contributed by atoms with Crippen molar-refractivity contribution in [3.05, 3.63) is 65.2 Å². The van der Waals surface area contributed by atoms with E-state index in [9.17, 15) is 9.59 Å². The van der Waals surface area contributed by atoms with Crippen LogP contribution < -0.4 is 5.32 Å². The van der Waals surface area contributed by atoms with Crippen LogP contribution in [0.5, 0.6) is 0 Å². The van der Waals surface area contributed by atoms with Gasteiger partial charge in [0.2, 0.25) is 5.82 Å². The van der Waals surface area contributed by atoms with E-state index < -0.39 is 5.91 Å². The first-order valence-corrected chi connectivity index (χ1v) is 9.76. The van der Waals surface area contributed by atoms with Crippen molar-refractivity contribution in [2.45, 2.75) is 26.7 Å². The molecule has 146 valence electrons. The van der Waals surface area contributed by atoms with E-state index in [0.29, 0.717) is 29.3 Å². The Kier molecular flexibility index (Phi) is 6.31. The summed E-state index contributed by atoms with van der Waals surface area (Å²) in [4.78, 5) is 32.1. The minimum atomic E-state index is -0.409. The molecule has 0 aliphatic carbocycles. The van der Waals surface area contributed by atoms with Crippen LogP contribution in [-0.4, -0.2) is 39.2 Å². The number of halogens is 1. The van der Waals surface area contributed by atoms with Crippen molar-refractivity contribution < 1.29 is 9.59 Å². The molecule has 1 aromatic carbocycles. The third kappa shape index (κ3) is 4.02. The molecule has 0 saturated carbocycles. The molecule has 0 aliphatic heterocycles. The van der Waals surface area contributed by atoms with Gasteiger partial charge in [0.25, 0.3) is 11.8 Å². The number of carbonyl (C=O) groups is 2. The van der Waals surface area contributed by atoms with Gasteiger partial charge in [0, 0.05) is 19.3 Å². The van der Waals surface area contributed by atoms with Crippen molar-refractivity contribution in [1.82, 2.24) is 14.3 Å². The zero-order valence-electron chi connectivity index (χ0n) is 16.0. The van der Waals surface area contributed by atoms with E-state index in [1.54, 1.807) is 45.8 Å². The molecule has 6 nitrogen and oxygen atoms in total. The number of fused-ring (bicyclic) bond motifs is 1. The number of pyridine rings is 1. The Morgan fingerprint density at radius 2 is 1.75 bits per heavy atom. The minimum absolute atomic E-state index is 0.179. The maximum Gasteiger partial charge on any atom is 0.290 e. The molecule has 28 heavy (non-hydrogen) atoms. The number of rotatable bonds is 7. The maximum absolute atomic E-state index is 13.1. The molecule has 0 radical (unpaired) electrons. The lowest BCUT2D eigenvalue weighted by molar-refractivity contribution is 0.0742. The number of amides is 2. The number of anilines is 1. The number of benzene rings is 1. The third-order valence-electron chi connectivity index (χ3n) is 4.35. The number of carbonyl (C=O) groups excluding carboxylic acids is 2. The number of aromatic nitrogens is 2. The Hall–Kier alpha value is -2.86. The Bertz CT molecular complexity index is 993. The van der Waals surface area contributed by atoms with Crippen molar-refractivity contribution in [3.63, 3.8) is 0 Å². The molecular formula is C21H23ClN4O2. The Morgan fingerprint density at radius 1 is 1.07 bits per heavy atom. The lowest BCUT2D eigenvalue weighted by Gasteiger charge is -2.20. The fourth-order valence-corrected chi connectivity index (χ4v) is 3.28. The molecule has 2 amide bonds. The molecule has 0 atom stereocenters. The van der Waals surface area contributed by atoms with Crippen molar-refractivity contribution in [2.75, 3.05) is 18.4 Å². The summed E-state index contributed by atoms with van der Waals surface area (Å²) >= 11 is 6.14. The highest BCUT2D eigenvalue weighted by atomic mass is 35.5. The van der Waals surface area contributed by atoms with Crippen LogP contribution in [0.15, 0.2) is 48.7 Å². The molecule has 0 fully saturated rings. The molecule has 0 spiro atoms. The number of nitrogens with one attached hydrogen (secondary N) is 1. The normalized spacial score (nSPS) is 10.8. The van der Waals surface area contributed by atoms with Gasteiger partial charge in [-0.25, -0.2) is 4.98 Å². The molecule has 3 rings (SSSR count). The second-order valence-electron chi connectivity index (χ2n) is 6.47. The smallest absolute Gasteiger partial charge is 0.290 e. The van der Waals surface area contributed by atoms with Crippen LogP contribution in [0.4, 0.5) is 5.69 Å². The van der Waals surface area contributed by atoms with Gasteiger partial charge in [-0.1, -0.05) is 43.6 Å². The van der Waals surface area contributed by atoms with Gasteiger partial charge in [-0.05, 0) is 37.1 Å². The predicted octanol–water partition coefficient (Wildman–Crippen LogP) is 4.50. The number of nitrogens with zero attached hydrogens (tertiary/aromatic N) is 3. The van der Waals surface area contributed by atoms with Gasteiger partial charge in [-0.15, -0.1) is 0 Å². The minimum Gasteiger partial charge on any atom is -0.336 e. The summed E-state index contributed by atoms with van der Waals surface area (Å²) in [6.07, 6.45) is 3.46. The molecule has 0 unspecified atom stereocenters. The summed E-state index contributed by atoms with van der Waals surface area (Å²) < 4.78 is 1.67. The van der Waals surface area contributed by atoms with E-state index in [2.05, 4.69) is 10.3 Å². The van der Waals surface area contributed by atoms with Crippen LogP contribution in [0, 0.1) is 0 Å². The van der Waals surface area contributed by atoms with Gasteiger partial charge < -0.3 is 10.2 Å². The van der Waals surface area contributed by atoms with Gasteiger partial charge in [0.05, 0.1) is 16.2 Å². The van der Waals surface area contributed by atoms with Crippen molar-refractivity contribution >= 4 is 34.6 Å². The SMILES string of the molecule is CCCN(CCC)C(=O)c1nc(C(=O)Nc2ccccc2Cl)c2ccccn12. The number of hydrogen-bond acceptors (Lipinski definition) is 3. The van der Waals surface area contributed by atoms with Crippen LogP contribution in [-0.2, 0) is 0 Å². The topological polar surface area (TPSA) is 66.7 Å². The Labute approximate surface area is 169 Å². The zero-order valence-corrected chi connectivity index (χ0v) is 16.7. The lowest BCUT2D eigenvalue weighted by atomic mass is 10.3. The largest absolute Gasteiger partial charge is 0.336 e. The first kappa shape index (κ1) is 19.9. The van der Waals surface area contributed by atoms with Crippen LogP contribution >= 0.6 is 11.6 Å². The van der Waals surface area contributed by atoms with E-state index in [-0.39, 0.29) is 17.4 Å². The highest BCUT2D eigenvalue weighted by molar-refractivity contribution is 6.34. The van der Waals surface area contributed by atoms with Gasteiger partial charge in [-0.2, -0.15) is 0 Å². The van der Waals surface area contributed by atoms with Gasteiger partial charge in [0.15, 0.2) is 5.69 Å². The van der Waals surface area contributed by atoms with Crippen molar-refractivity contribution in [3.8, 4) is 0 Å². The number of hydrogen-bond donors (Lipinski definition) is 1. The average Bonchev–Trinajstić information content (AvgIpc) is 3.09. The average molecular weight is 399 g/mol. The Balaban J connectivity index is 1.99. The molecule has 0 bridgehead atoms. The van der Waals surface area contributed by atoms with E-state index in [0.717, 1.165) is 12.8 Å². The second kappa shape index (κ2) is 8.89.